The normalized spacial score (nSPS) is 11.1. The zero-order valence-corrected chi connectivity index (χ0v) is 17.0. The second-order valence-electron chi connectivity index (χ2n) is 6.91. The topological polar surface area (TPSA) is 88.5 Å². The summed E-state index contributed by atoms with van der Waals surface area (Å²) in [5.41, 5.74) is 5.50. The Bertz CT molecular complexity index is 1330. The fraction of sp³-hybridized carbons (Fsp3) is 0.0909. The Morgan fingerprint density at radius 1 is 1.17 bits per heavy atom. The van der Waals surface area contributed by atoms with Gasteiger partial charge >= 0.3 is 0 Å². The molecular formula is C22H18N6OS. The van der Waals surface area contributed by atoms with E-state index in [0.29, 0.717) is 17.2 Å². The summed E-state index contributed by atoms with van der Waals surface area (Å²) in [5, 5.41) is 10.7. The van der Waals surface area contributed by atoms with Gasteiger partial charge in [-0.2, -0.15) is 5.10 Å². The summed E-state index contributed by atoms with van der Waals surface area (Å²) >= 11 is 1.41. The van der Waals surface area contributed by atoms with Crippen LogP contribution >= 0.6 is 11.3 Å². The lowest BCUT2D eigenvalue weighted by atomic mass is 10.1. The fourth-order valence-electron chi connectivity index (χ4n) is 3.59. The van der Waals surface area contributed by atoms with E-state index in [-0.39, 0.29) is 5.91 Å². The van der Waals surface area contributed by atoms with Crippen molar-refractivity contribution in [1.82, 2.24) is 24.7 Å². The van der Waals surface area contributed by atoms with Crippen molar-refractivity contribution >= 4 is 33.3 Å². The minimum atomic E-state index is -0.192. The van der Waals surface area contributed by atoms with Crippen LogP contribution < -0.4 is 5.32 Å². The molecule has 0 fully saturated rings. The molecule has 3 heterocycles. The molecule has 5 rings (SSSR count). The van der Waals surface area contributed by atoms with Crippen molar-refractivity contribution < 1.29 is 4.79 Å². The van der Waals surface area contributed by atoms with Crippen LogP contribution in [0.25, 0.3) is 22.2 Å². The van der Waals surface area contributed by atoms with Gasteiger partial charge in [-0.1, -0.05) is 36.4 Å². The van der Waals surface area contributed by atoms with Gasteiger partial charge in [0.25, 0.3) is 5.91 Å². The lowest BCUT2D eigenvalue weighted by Crippen LogP contribution is -2.15. The van der Waals surface area contributed by atoms with Crippen LogP contribution in [0.1, 0.15) is 21.6 Å². The highest BCUT2D eigenvalue weighted by Crippen LogP contribution is 2.34. The van der Waals surface area contributed by atoms with Gasteiger partial charge in [-0.15, -0.1) is 11.3 Å². The van der Waals surface area contributed by atoms with E-state index in [0.717, 1.165) is 33.4 Å². The first-order valence-electron chi connectivity index (χ1n) is 9.44. The second-order valence-corrected chi connectivity index (χ2v) is 7.77. The number of aryl methyl sites for hydroxylation is 1. The number of carbonyl (C=O) groups excluding carboxylic acids is 1. The van der Waals surface area contributed by atoms with Crippen molar-refractivity contribution in [3.63, 3.8) is 0 Å². The summed E-state index contributed by atoms with van der Waals surface area (Å²) in [6.45, 7) is 2.51. The van der Waals surface area contributed by atoms with E-state index < -0.39 is 0 Å². The molecule has 0 aliphatic carbocycles. The molecule has 0 radical (unpaired) electrons. The molecule has 3 aromatic heterocycles. The molecule has 0 bridgehead atoms. The van der Waals surface area contributed by atoms with E-state index in [1.54, 1.807) is 17.1 Å². The van der Waals surface area contributed by atoms with Crippen molar-refractivity contribution in [2.45, 2.75) is 13.5 Å². The Morgan fingerprint density at radius 3 is 2.87 bits per heavy atom. The third kappa shape index (κ3) is 3.37. The Kier molecular flexibility index (Phi) is 4.61. The van der Waals surface area contributed by atoms with Crippen molar-refractivity contribution in [3.05, 3.63) is 83.4 Å². The van der Waals surface area contributed by atoms with E-state index >= 15 is 0 Å². The number of H-pyrrole nitrogens is 1. The number of hydrogen-bond acceptors (Lipinski definition) is 5. The van der Waals surface area contributed by atoms with Crippen LogP contribution in [0.4, 0.5) is 5.13 Å². The molecular weight excluding hydrogens is 396 g/mol. The molecule has 148 valence electrons. The zero-order valence-electron chi connectivity index (χ0n) is 16.2. The number of rotatable bonds is 5. The SMILES string of the molecule is Cc1[nH]c2ccccc2c1-c1csc(NC(=O)c2ccccc2Cn2cncn2)n1. The number of aromatic nitrogens is 5. The van der Waals surface area contributed by atoms with Crippen LogP contribution in [-0.2, 0) is 6.54 Å². The van der Waals surface area contributed by atoms with Crippen LogP contribution in [0.5, 0.6) is 0 Å². The van der Waals surface area contributed by atoms with Gasteiger partial charge in [-0.3, -0.25) is 10.1 Å². The third-order valence-electron chi connectivity index (χ3n) is 4.94. The van der Waals surface area contributed by atoms with Crippen molar-refractivity contribution in [1.29, 1.82) is 0 Å². The van der Waals surface area contributed by atoms with E-state index in [2.05, 4.69) is 31.4 Å². The van der Waals surface area contributed by atoms with Crippen LogP contribution in [0.2, 0.25) is 0 Å². The number of para-hydroxylation sites is 1. The van der Waals surface area contributed by atoms with Gasteiger partial charge in [-0.25, -0.2) is 14.6 Å². The standard InChI is InChI=1S/C22H18N6OS/c1-14-20(17-8-4-5-9-18(17)25-14)19-11-30-22(26-19)27-21(29)16-7-3-2-6-15(16)10-28-13-23-12-24-28/h2-9,11-13,25H,10H2,1H3,(H,26,27,29). The average molecular weight is 414 g/mol. The predicted octanol–water partition coefficient (Wildman–Crippen LogP) is 4.49. The van der Waals surface area contributed by atoms with Crippen LogP contribution in [0, 0.1) is 6.92 Å². The van der Waals surface area contributed by atoms with Crippen molar-refractivity contribution in [2.75, 3.05) is 5.32 Å². The monoisotopic (exact) mass is 414 g/mol. The molecule has 0 spiro atoms. The minimum Gasteiger partial charge on any atom is -0.358 e. The molecule has 0 saturated carbocycles. The largest absolute Gasteiger partial charge is 0.358 e. The maximum absolute atomic E-state index is 12.9. The number of aromatic amines is 1. The maximum Gasteiger partial charge on any atom is 0.257 e. The summed E-state index contributed by atoms with van der Waals surface area (Å²) in [6, 6.07) is 15.6. The smallest absolute Gasteiger partial charge is 0.257 e. The van der Waals surface area contributed by atoms with Gasteiger partial charge in [0.2, 0.25) is 0 Å². The summed E-state index contributed by atoms with van der Waals surface area (Å²) in [7, 11) is 0. The lowest BCUT2D eigenvalue weighted by molar-refractivity contribution is 0.102. The highest BCUT2D eigenvalue weighted by atomic mass is 32.1. The first kappa shape index (κ1) is 18.3. The Hall–Kier alpha value is -3.78. The Morgan fingerprint density at radius 2 is 2.00 bits per heavy atom. The molecule has 0 aliphatic heterocycles. The van der Waals surface area contributed by atoms with Gasteiger partial charge < -0.3 is 4.98 Å². The van der Waals surface area contributed by atoms with Crippen molar-refractivity contribution in [2.24, 2.45) is 0 Å². The number of amides is 1. The highest BCUT2D eigenvalue weighted by Gasteiger charge is 2.16. The molecule has 0 unspecified atom stereocenters. The number of anilines is 1. The van der Waals surface area contributed by atoms with E-state index in [9.17, 15) is 4.79 Å². The quantitative estimate of drug-likeness (QED) is 0.443. The molecule has 30 heavy (non-hydrogen) atoms. The van der Waals surface area contributed by atoms with Gasteiger partial charge in [0.15, 0.2) is 5.13 Å². The Balaban J connectivity index is 1.41. The maximum atomic E-state index is 12.9. The molecule has 0 aliphatic rings. The molecule has 7 nitrogen and oxygen atoms in total. The number of fused-ring (bicyclic) bond motifs is 1. The number of benzene rings is 2. The number of thiazole rings is 1. The van der Waals surface area contributed by atoms with Crippen LogP contribution in [0.3, 0.4) is 0 Å². The molecule has 8 heteroatoms. The van der Waals surface area contributed by atoms with E-state index in [1.807, 2.05) is 48.7 Å². The molecule has 5 aromatic rings. The van der Waals surface area contributed by atoms with Gasteiger partial charge in [0, 0.05) is 33.1 Å². The average Bonchev–Trinajstić information content (AvgIpc) is 3.48. The molecule has 1 amide bonds. The number of hydrogen-bond donors (Lipinski definition) is 2. The van der Waals surface area contributed by atoms with E-state index in [4.69, 9.17) is 0 Å². The van der Waals surface area contributed by atoms with Gasteiger partial charge in [0.05, 0.1) is 12.2 Å². The van der Waals surface area contributed by atoms with Gasteiger partial charge in [-0.05, 0) is 24.6 Å². The summed E-state index contributed by atoms with van der Waals surface area (Å²) in [5.74, 6) is -0.192. The summed E-state index contributed by atoms with van der Waals surface area (Å²) in [4.78, 5) is 25.0. The van der Waals surface area contributed by atoms with Gasteiger partial charge in [0.1, 0.15) is 12.7 Å². The van der Waals surface area contributed by atoms with Crippen LogP contribution in [-0.4, -0.2) is 30.6 Å². The molecule has 2 N–H and O–H groups in total. The molecule has 0 atom stereocenters. The highest BCUT2D eigenvalue weighted by molar-refractivity contribution is 7.14. The third-order valence-corrected chi connectivity index (χ3v) is 5.69. The van der Waals surface area contributed by atoms with E-state index in [1.165, 1.54) is 17.7 Å². The lowest BCUT2D eigenvalue weighted by Gasteiger charge is -2.08. The molecule has 2 aromatic carbocycles. The number of nitrogens with zero attached hydrogens (tertiary/aromatic N) is 4. The number of carbonyl (C=O) groups is 1. The zero-order chi connectivity index (χ0) is 20.5. The summed E-state index contributed by atoms with van der Waals surface area (Å²) in [6.07, 6.45) is 3.11. The predicted molar refractivity (Wildman–Crippen MR) is 118 cm³/mol. The Labute approximate surface area is 176 Å². The fourth-order valence-corrected chi connectivity index (χ4v) is 4.28. The number of nitrogens with one attached hydrogen (secondary N) is 2. The molecule has 0 saturated heterocycles. The van der Waals surface area contributed by atoms with Crippen molar-refractivity contribution in [3.8, 4) is 11.3 Å². The first-order chi connectivity index (χ1) is 14.7. The van der Waals surface area contributed by atoms with Crippen LogP contribution in [0.15, 0.2) is 66.6 Å². The first-order valence-corrected chi connectivity index (χ1v) is 10.3. The summed E-state index contributed by atoms with van der Waals surface area (Å²) < 4.78 is 1.69. The minimum absolute atomic E-state index is 0.192. The second kappa shape index (κ2) is 7.57.